The minimum absolute atomic E-state index is 0.160. The predicted molar refractivity (Wildman–Crippen MR) is 80.3 cm³/mol. The van der Waals surface area contributed by atoms with E-state index in [0.717, 1.165) is 19.3 Å². The first-order valence-electron chi connectivity index (χ1n) is 7.73. The molecule has 0 spiro atoms. The number of likely N-dealkylation sites (tertiary alicyclic amines) is 1. The van der Waals surface area contributed by atoms with Crippen LogP contribution in [0.25, 0.3) is 0 Å². The molecule has 0 aromatic rings. The lowest BCUT2D eigenvalue weighted by molar-refractivity contribution is -0.150. The highest BCUT2D eigenvalue weighted by Gasteiger charge is 2.39. The van der Waals surface area contributed by atoms with Crippen LogP contribution in [0.4, 0.5) is 4.79 Å². The zero-order chi connectivity index (χ0) is 15.9. The van der Waals surface area contributed by atoms with E-state index in [2.05, 4.69) is 5.32 Å². The van der Waals surface area contributed by atoms with Crippen LogP contribution >= 0.6 is 0 Å². The summed E-state index contributed by atoms with van der Waals surface area (Å²) in [6.45, 7) is 7.91. The van der Waals surface area contributed by atoms with Crippen molar-refractivity contribution in [3.8, 4) is 0 Å². The number of nitrogens with one attached hydrogen (secondary N) is 1. The van der Waals surface area contributed by atoms with Gasteiger partial charge in [-0.3, -0.25) is 4.79 Å². The maximum Gasteiger partial charge on any atom is 0.317 e. The van der Waals surface area contributed by atoms with Crippen LogP contribution < -0.4 is 5.32 Å². The quantitative estimate of drug-likeness (QED) is 0.706. The molecule has 1 rings (SSSR count). The van der Waals surface area contributed by atoms with Gasteiger partial charge in [0.25, 0.3) is 0 Å². The van der Waals surface area contributed by atoms with E-state index in [4.69, 9.17) is 4.74 Å². The van der Waals surface area contributed by atoms with E-state index < -0.39 is 11.4 Å². The minimum Gasteiger partial charge on any atom is -0.481 e. The van der Waals surface area contributed by atoms with Crippen molar-refractivity contribution in [1.29, 1.82) is 0 Å². The number of carbonyl (C=O) groups excluding carboxylic acids is 1. The first-order chi connectivity index (χ1) is 9.85. The summed E-state index contributed by atoms with van der Waals surface area (Å²) >= 11 is 0. The van der Waals surface area contributed by atoms with Gasteiger partial charge in [0.15, 0.2) is 0 Å². The van der Waals surface area contributed by atoms with Crippen LogP contribution in [0.3, 0.4) is 0 Å². The van der Waals surface area contributed by atoms with E-state index >= 15 is 0 Å². The Balaban J connectivity index is 2.24. The molecule has 122 valence electrons. The molecule has 21 heavy (non-hydrogen) atoms. The van der Waals surface area contributed by atoms with Crippen LogP contribution in [-0.4, -0.2) is 54.4 Å². The number of amides is 2. The molecule has 2 N–H and O–H groups in total. The molecule has 0 aromatic carbocycles. The van der Waals surface area contributed by atoms with Crippen molar-refractivity contribution in [2.45, 2.75) is 52.6 Å². The summed E-state index contributed by atoms with van der Waals surface area (Å²) in [6.07, 6.45) is 3.37. The lowest BCUT2D eigenvalue weighted by Crippen LogP contribution is -2.51. The molecule has 0 aromatic heterocycles. The van der Waals surface area contributed by atoms with Gasteiger partial charge in [0.2, 0.25) is 0 Å². The molecule has 0 radical (unpaired) electrons. The molecule has 0 bridgehead atoms. The number of unbranched alkanes of at least 4 members (excludes halogenated alkanes) is 1. The fourth-order valence-electron chi connectivity index (χ4n) is 2.44. The highest BCUT2D eigenvalue weighted by atomic mass is 16.5. The largest absolute Gasteiger partial charge is 0.481 e. The molecule has 0 saturated carbocycles. The summed E-state index contributed by atoms with van der Waals surface area (Å²) in [5.41, 5.74) is -0.819. The highest BCUT2D eigenvalue weighted by Crippen LogP contribution is 2.29. The van der Waals surface area contributed by atoms with Crippen LogP contribution in [0.1, 0.15) is 46.5 Å². The predicted octanol–water partition coefficient (Wildman–Crippen LogP) is 2.09. The van der Waals surface area contributed by atoms with Gasteiger partial charge in [-0.1, -0.05) is 0 Å². The number of ether oxygens (including phenoxy) is 1. The van der Waals surface area contributed by atoms with Crippen LogP contribution in [0, 0.1) is 5.41 Å². The van der Waals surface area contributed by atoms with Gasteiger partial charge in [-0.2, -0.15) is 0 Å². The Labute approximate surface area is 126 Å². The van der Waals surface area contributed by atoms with E-state index in [-0.39, 0.29) is 18.7 Å². The SMILES string of the molecule is CC(C)OCCCCNC(=O)N1CCCC(C)(C(=O)O)C1. The standard InChI is InChI=1S/C15H28N2O4/c1-12(2)21-10-5-4-8-16-14(20)17-9-6-7-15(3,11-17)13(18)19/h12H,4-11H2,1-3H3,(H,16,20)(H,18,19). The van der Waals surface area contributed by atoms with E-state index in [1.54, 1.807) is 11.8 Å². The van der Waals surface area contributed by atoms with Crippen LogP contribution in [0.5, 0.6) is 0 Å². The molecular weight excluding hydrogens is 272 g/mol. The number of nitrogens with zero attached hydrogens (tertiary/aromatic N) is 1. The number of carboxylic acid groups (broad SMARTS) is 1. The lowest BCUT2D eigenvalue weighted by atomic mass is 9.82. The van der Waals surface area contributed by atoms with Crippen molar-refractivity contribution in [3.63, 3.8) is 0 Å². The van der Waals surface area contributed by atoms with Crippen LogP contribution in [-0.2, 0) is 9.53 Å². The Morgan fingerprint density at radius 3 is 2.71 bits per heavy atom. The first kappa shape index (κ1) is 17.8. The molecule has 1 aliphatic rings. The normalized spacial score (nSPS) is 22.4. The third kappa shape index (κ3) is 5.91. The Kier molecular flexibility index (Phi) is 6.95. The average Bonchev–Trinajstić information content (AvgIpc) is 2.42. The zero-order valence-electron chi connectivity index (χ0n) is 13.4. The summed E-state index contributed by atoms with van der Waals surface area (Å²) in [5.74, 6) is -0.828. The van der Waals surface area contributed by atoms with E-state index in [1.807, 2.05) is 13.8 Å². The molecule has 1 fully saturated rings. The number of piperidine rings is 1. The number of hydrogen-bond donors (Lipinski definition) is 2. The molecule has 1 unspecified atom stereocenters. The van der Waals surface area contributed by atoms with Crippen molar-refractivity contribution < 1.29 is 19.4 Å². The Hall–Kier alpha value is -1.30. The number of carboxylic acids is 1. The first-order valence-corrected chi connectivity index (χ1v) is 7.73. The van der Waals surface area contributed by atoms with Gasteiger partial charge in [-0.15, -0.1) is 0 Å². The van der Waals surface area contributed by atoms with Gasteiger partial charge in [-0.25, -0.2) is 4.79 Å². The summed E-state index contributed by atoms with van der Waals surface area (Å²) in [6, 6.07) is -0.160. The smallest absolute Gasteiger partial charge is 0.317 e. The molecule has 2 amide bonds. The molecule has 1 saturated heterocycles. The van der Waals surface area contributed by atoms with Gasteiger partial charge in [0.05, 0.1) is 11.5 Å². The van der Waals surface area contributed by atoms with Gasteiger partial charge >= 0.3 is 12.0 Å². The van der Waals surface area contributed by atoms with Crippen molar-refractivity contribution in [1.82, 2.24) is 10.2 Å². The third-order valence-corrected chi connectivity index (χ3v) is 3.80. The van der Waals surface area contributed by atoms with E-state index in [9.17, 15) is 14.7 Å². The second-order valence-electron chi connectivity index (χ2n) is 6.25. The van der Waals surface area contributed by atoms with Crippen molar-refractivity contribution in [3.05, 3.63) is 0 Å². The van der Waals surface area contributed by atoms with Crippen LogP contribution in [0.2, 0.25) is 0 Å². The number of aliphatic carboxylic acids is 1. The fraction of sp³-hybridized carbons (Fsp3) is 0.867. The highest BCUT2D eigenvalue weighted by molar-refractivity contribution is 5.78. The molecule has 1 atom stereocenters. The number of rotatable bonds is 7. The Morgan fingerprint density at radius 2 is 2.10 bits per heavy atom. The van der Waals surface area contributed by atoms with Crippen molar-refractivity contribution in [2.24, 2.45) is 5.41 Å². The van der Waals surface area contributed by atoms with E-state index in [0.29, 0.717) is 26.1 Å². The van der Waals surface area contributed by atoms with Gasteiger partial charge in [0.1, 0.15) is 0 Å². The third-order valence-electron chi connectivity index (χ3n) is 3.80. The molecule has 6 nitrogen and oxygen atoms in total. The molecule has 6 heteroatoms. The maximum absolute atomic E-state index is 12.0. The van der Waals surface area contributed by atoms with Gasteiger partial charge in [0, 0.05) is 26.2 Å². The molecular formula is C15H28N2O4. The average molecular weight is 300 g/mol. The minimum atomic E-state index is -0.828. The molecule has 1 heterocycles. The number of carbonyl (C=O) groups is 2. The van der Waals surface area contributed by atoms with Crippen molar-refractivity contribution >= 4 is 12.0 Å². The summed E-state index contributed by atoms with van der Waals surface area (Å²) < 4.78 is 5.43. The Bertz CT molecular complexity index is 360. The monoisotopic (exact) mass is 300 g/mol. The number of hydrogen-bond acceptors (Lipinski definition) is 3. The number of urea groups is 1. The fourth-order valence-corrected chi connectivity index (χ4v) is 2.44. The summed E-state index contributed by atoms with van der Waals surface area (Å²) in [4.78, 5) is 24.9. The van der Waals surface area contributed by atoms with Gasteiger partial charge in [-0.05, 0) is 46.5 Å². The zero-order valence-corrected chi connectivity index (χ0v) is 13.4. The summed E-state index contributed by atoms with van der Waals surface area (Å²) in [5, 5.41) is 12.1. The van der Waals surface area contributed by atoms with Crippen LogP contribution in [0.15, 0.2) is 0 Å². The van der Waals surface area contributed by atoms with Crippen molar-refractivity contribution in [2.75, 3.05) is 26.2 Å². The summed E-state index contributed by atoms with van der Waals surface area (Å²) in [7, 11) is 0. The second kappa shape index (κ2) is 8.22. The topological polar surface area (TPSA) is 78.9 Å². The molecule has 0 aliphatic carbocycles. The second-order valence-corrected chi connectivity index (χ2v) is 6.25. The van der Waals surface area contributed by atoms with Gasteiger partial charge < -0.3 is 20.1 Å². The lowest BCUT2D eigenvalue weighted by Gasteiger charge is -2.37. The van der Waals surface area contributed by atoms with E-state index in [1.165, 1.54) is 0 Å². The maximum atomic E-state index is 12.0. The molecule has 1 aliphatic heterocycles. The Morgan fingerprint density at radius 1 is 1.38 bits per heavy atom.